The Morgan fingerprint density at radius 3 is 2.08 bits per heavy atom. The Morgan fingerprint density at radius 1 is 0.794 bits per heavy atom. The van der Waals surface area contributed by atoms with Gasteiger partial charge in [0.05, 0.1) is 49.1 Å². The summed E-state index contributed by atoms with van der Waals surface area (Å²) in [4.78, 5) is 71.1. The van der Waals surface area contributed by atoms with Crippen LogP contribution in [0.5, 0.6) is 5.75 Å². The summed E-state index contributed by atoms with van der Waals surface area (Å²) in [6.45, 7) is 3.07. The standard InChI is InChI=1S/C47H48N8O8/c1-26(61-2)39(52-46(58)59)44(56)54-19-7-11-37(54)42-48-23-35(50-42)29-15-17-33-28(21-29)13-18-34-32-16-14-30(22-31(32)25-63-41(33)34)36-24-49-43(51-36)38-12-8-20-55(38)45(57)40(53-47(60)62-3)27-9-5-4-6-10-27/h4-6,9-10,13-18,21-24,26,37-40,52H,7-8,11-12,19-20,25H2,1-3H3,(H,48,50)(H,49,51)(H,53,60)(H,58,59)/t26?,37-,38-,39?,40?/m0/s1. The molecular weight excluding hydrogens is 805 g/mol. The van der Waals surface area contributed by atoms with Crippen LogP contribution in [-0.2, 0) is 25.7 Å². The van der Waals surface area contributed by atoms with Gasteiger partial charge in [-0.1, -0.05) is 60.7 Å². The smallest absolute Gasteiger partial charge is 0.407 e. The number of amides is 4. The number of benzene rings is 4. The van der Waals surface area contributed by atoms with E-state index in [4.69, 9.17) is 19.2 Å². The number of rotatable bonds is 11. The zero-order chi connectivity index (χ0) is 43.8. The van der Waals surface area contributed by atoms with Crippen molar-refractivity contribution >= 4 is 34.8 Å². The largest absolute Gasteiger partial charge is 0.488 e. The lowest BCUT2D eigenvalue weighted by Gasteiger charge is -2.30. The third-order valence-electron chi connectivity index (χ3n) is 12.5. The maximum atomic E-state index is 14.0. The molecule has 16 nitrogen and oxygen atoms in total. The van der Waals surface area contributed by atoms with Gasteiger partial charge in [0.25, 0.3) is 5.91 Å². The Balaban J connectivity index is 0.915. The van der Waals surface area contributed by atoms with E-state index in [2.05, 4.69) is 68.1 Å². The van der Waals surface area contributed by atoms with Crippen molar-refractivity contribution in [3.05, 3.63) is 114 Å². The molecule has 2 aromatic heterocycles. The molecule has 2 fully saturated rings. The number of H-pyrrole nitrogens is 2. The minimum atomic E-state index is -1.29. The van der Waals surface area contributed by atoms with Gasteiger partial charge < -0.3 is 49.7 Å². The zero-order valence-corrected chi connectivity index (χ0v) is 35.1. The maximum Gasteiger partial charge on any atom is 0.407 e. The van der Waals surface area contributed by atoms with Crippen molar-refractivity contribution < 1.29 is 38.5 Å². The summed E-state index contributed by atoms with van der Waals surface area (Å²) in [6, 6.07) is 23.2. The van der Waals surface area contributed by atoms with Crippen molar-refractivity contribution in [2.45, 2.75) is 69.5 Å². The fourth-order valence-corrected chi connectivity index (χ4v) is 9.17. The lowest BCUT2D eigenvalue weighted by atomic mass is 9.92. The first kappa shape index (κ1) is 41.2. The van der Waals surface area contributed by atoms with Crippen molar-refractivity contribution in [3.63, 3.8) is 0 Å². The first-order valence-electron chi connectivity index (χ1n) is 21.1. The van der Waals surface area contributed by atoms with E-state index in [0.717, 1.165) is 75.0 Å². The number of carbonyl (C=O) groups excluding carboxylic acids is 3. The van der Waals surface area contributed by atoms with Crippen molar-refractivity contribution in [1.29, 1.82) is 0 Å². The first-order chi connectivity index (χ1) is 30.6. The Labute approximate surface area is 363 Å². The number of nitrogens with one attached hydrogen (secondary N) is 4. The molecule has 0 bridgehead atoms. The number of hydrogen-bond acceptors (Lipinski definition) is 9. The van der Waals surface area contributed by atoms with Gasteiger partial charge in [-0.15, -0.1) is 0 Å². The average molecular weight is 853 g/mol. The molecule has 6 aromatic rings. The van der Waals surface area contributed by atoms with Gasteiger partial charge in [0.15, 0.2) is 0 Å². The molecule has 0 aliphatic carbocycles. The third kappa shape index (κ3) is 7.93. The number of ether oxygens (including phenoxy) is 3. The topological polar surface area (TPSA) is 204 Å². The van der Waals surface area contributed by atoms with Crippen LogP contribution < -0.4 is 15.4 Å². The van der Waals surface area contributed by atoms with Crippen LogP contribution in [0.2, 0.25) is 0 Å². The molecule has 3 aliphatic heterocycles. The first-order valence-corrected chi connectivity index (χ1v) is 21.1. The summed E-state index contributed by atoms with van der Waals surface area (Å²) in [5.74, 6) is 1.57. The van der Waals surface area contributed by atoms with Crippen molar-refractivity contribution in [3.8, 4) is 39.4 Å². The van der Waals surface area contributed by atoms with Crippen LogP contribution in [0.25, 0.3) is 44.4 Å². The molecule has 3 aliphatic rings. The normalized spacial score (nSPS) is 18.2. The molecule has 63 heavy (non-hydrogen) atoms. The van der Waals surface area contributed by atoms with Gasteiger partial charge >= 0.3 is 12.2 Å². The minimum absolute atomic E-state index is 0.224. The van der Waals surface area contributed by atoms with Gasteiger partial charge in [0, 0.05) is 36.7 Å². The third-order valence-corrected chi connectivity index (χ3v) is 12.5. The Hall–Kier alpha value is -7.20. The fourth-order valence-electron chi connectivity index (χ4n) is 9.17. The SMILES string of the molecule is COC(=O)NC(C(=O)N1CCC[C@H]1c1ncc(-c2ccc3c(c2)COc2c-3ccc3cc(-c4cnc([C@@H]5CCCN5C(=O)C(NC(=O)O)C(C)OC)[nH]4)ccc23)[nH]1)c1ccccc1. The molecular formula is C47H48N8O8. The summed E-state index contributed by atoms with van der Waals surface area (Å²) >= 11 is 0. The van der Waals surface area contributed by atoms with Crippen LogP contribution >= 0.6 is 0 Å². The number of aromatic amines is 2. The lowest BCUT2D eigenvalue weighted by Crippen LogP contribution is -2.53. The van der Waals surface area contributed by atoms with Crippen molar-refractivity contribution in [2.24, 2.45) is 0 Å². The molecule has 5 N–H and O–H groups in total. The second kappa shape index (κ2) is 17.3. The molecule has 0 saturated carbocycles. The Kier molecular flexibility index (Phi) is 11.3. The summed E-state index contributed by atoms with van der Waals surface area (Å²) < 4.78 is 16.6. The highest BCUT2D eigenvalue weighted by atomic mass is 16.5. The number of carbonyl (C=O) groups is 4. The van der Waals surface area contributed by atoms with E-state index < -0.39 is 30.4 Å². The van der Waals surface area contributed by atoms with Crippen molar-refractivity contribution in [1.82, 2.24) is 40.4 Å². The molecule has 5 heterocycles. The van der Waals surface area contributed by atoms with Crippen LogP contribution in [-0.4, -0.2) is 98.3 Å². The van der Waals surface area contributed by atoms with Crippen molar-refractivity contribution in [2.75, 3.05) is 27.3 Å². The molecule has 324 valence electrons. The van der Waals surface area contributed by atoms with E-state index in [-0.39, 0.29) is 23.9 Å². The highest BCUT2D eigenvalue weighted by Crippen LogP contribution is 2.44. The summed E-state index contributed by atoms with van der Waals surface area (Å²) in [5.41, 5.74) is 7.28. The van der Waals surface area contributed by atoms with E-state index >= 15 is 0 Å². The predicted octanol–water partition coefficient (Wildman–Crippen LogP) is 7.27. The van der Waals surface area contributed by atoms with Gasteiger partial charge in [-0.25, -0.2) is 19.6 Å². The van der Waals surface area contributed by atoms with Crippen LogP contribution in [0.4, 0.5) is 9.59 Å². The van der Waals surface area contributed by atoms with Gasteiger partial charge in [0.2, 0.25) is 5.91 Å². The number of nitrogens with zero attached hydrogens (tertiary/aromatic N) is 4. The number of methoxy groups -OCH3 is 2. The van der Waals surface area contributed by atoms with Crippen LogP contribution in [0.1, 0.15) is 73.5 Å². The number of aromatic nitrogens is 4. The molecule has 0 spiro atoms. The minimum Gasteiger partial charge on any atom is -0.488 e. The second-order valence-electron chi connectivity index (χ2n) is 16.1. The predicted molar refractivity (Wildman–Crippen MR) is 232 cm³/mol. The quantitative estimate of drug-likeness (QED) is 0.0882. The second-order valence-corrected chi connectivity index (χ2v) is 16.1. The molecule has 9 rings (SSSR count). The molecule has 2 saturated heterocycles. The van der Waals surface area contributed by atoms with Gasteiger partial charge in [-0.2, -0.15) is 0 Å². The van der Waals surface area contributed by atoms with Gasteiger partial charge in [-0.05, 0) is 78.4 Å². The molecule has 4 amide bonds. The number of fused-ring (bicyclic) bond motifs is 5. The molecule has 0 radical (unpaired) electrons. The summed E-state index contributed by atoms with van der Waals surface area (Å²) in [7, 11) is 2.72. The lowest BCUT2D eigenvalue weighted by molar-refractivity contribution is -0.137. The van der Waals surface area contributed by atoms with E-state index in [1.807, 2.05) is 36.4 Å². The van der Waals surface area contributed by atoms with E-state index in [9.17, 15) is 24.3 Å². The van der Waals surface area contributed by atoms with Crippen LogP contribution in [0.3, 0.4) is 0 Å². The Morgan fingerprint density at radius 2 is 1.43 bits per heavy atom. The fraction of sp³-hybridized carbons (Fsp3) is 0.319. The maximum absolute atomic E-state index is 14.0. The average Bonchev–Trinajstić information content (AvgIpc) is 4.16. The van der Waals surface area contributed by atoms with E-state index in [1.54, 1.807) is 29.1 Å². The summed E-state index contributed by atoms with van der Waals surface area (Å²) in [5, 5.41) is 16.4. The monoisotopic (exact) mass is 852 g/mol. The van der Waals surface area contributed by atoms with Crippen LogP contribution in [0, 0.1) is 0 Å². The van der Waals surface area contributed by atoms with E-state index in [1.165, 1.54) is 14.2 Å². The number of carboxylic acid groups (broad SMARTS) is 1. The number of hydrogen-bond donors (Lipinski definition) is 5. The molecule has 16 heteroatoms. The number of alkyl carbamates (subject to hydrolysis) is 1. The summed E-state index contributed by atoms with van der Waals surface area (Å²) in [6.07, 6.45) is 3.95. The Bertz CT molecular complexity index is 2700. The number of likely N-dealkylation sites (tertiary alicyclic amines) is 2. The highest BCUT2D eigenvalue weighted by molar-refractivity contribution is 5.98. The number of imidazole rings is 2. The molecule has 4 aromatic carbocycles. The van der Waals surface area contributed by atoms with E-state index in [0.29, 0.717) is 43.3 Å². The van der Waals surface area contributed by atoms with Gasteiger partial charge in [0.1, 0.15) is 36.1 Å². The molecule has 5 atom stereocenters. The molecule has 3 unspecified atom stereocenters. The zero-order valence-electron chi connectivity index (χ0n) is 35.1. The van der Waals surface area contributed by atoms with Gasteiger partial charge in [-0.3, -0.25) is 9.59 Å². The highest BCUT2D eigenvalue weighted by Gasteiger charge is 2.39. The van der Waals surface area contributed by atoms with Crippen LogP contribution in [0.15, 0.2) is 91.3 Å².